The smallest absolute Gasteiger partial charge is 0.378 e. The molecule has 0 aliphatic heterocycles. The van der Waals surface area contributed by atoms with Gasteiger partial charge in [0.15, 0.2) is 0 Å². The highest BCUT2D eigenvalue weighted by Gasteiger charge is 2.57. The van der Waals surface area contributed by atoms with E-state index in [0.29, 0.717) is 0 Å². The van der Waals surface area contributed by atoms with E-state index in [4.69, 9.17) is 10.2 Å². The maximum atomic E-state index is 11.1. The molecule has 0 saturated heterocycles. The Bertz CT molecular complexity index is 250. The molecule has 0 aliphatic rings. The quantitative estimate of drug-likeness (QED) is 0.379. The Morgan fingerprint density at radius 3 is 1.71 bits per heavy atom. The summed E-state index contributed by atoms with van der Waals surface area (Å²) in [6, 6.07) is 0. The van der Waals surface area contributed by atoms with Crippen molar-refractivity contribution in [3.8, 4) is 0 Å². The zero-order valence-electron chi connectivity index (χ0n) is 8.65. The van der Waals surface area contributed by atoms with Crippen molar-refractivity contribution in [2.24, 2.45) is 0 Å². The Labute approximate surface area is 82.9 Å². The van der Waals surface area contributed by atoms with E-state index in [1.54, 1.807) is 0 Å². The molecular weight excluding hydrogens is 186 g/mol. The topological polar surface area (TPSA) is 74.6 Å². The molecule has 0 bridgehead atoms. The Balaban J connectivity index is 5.50. The van der Waals surface area contributed by atoms with Crippen molar-refractivity contribution in [1.29, 1.82) is 0 Å². The second-order valence-electron chi connectivity index (χ2n) is 3.98. The molecule has 0 radical (unpaired) electrons. The van der Waals surface area contributed by atoms with Crippen LogP contribution in [0.3, 0.4) is 0 Å². The van der Waals surface area contributed by atoms with Gasteiger partial charge in [0.25, 0.3) is 5.54 Å². The van der Waals surface area contributed by atoms with E-state index in [1.165, 1.54) is 27.2 Å². The highest BCUT2D eigenvalue weighted by Crippen LogP contribution is 2.24. The first kappa shape index (κ1) is 12.6. The van der Waals surface area contributed by atoms with Gasteiger partial charge in [-0.2, -0.15) is 0 Å². The largest absolute Gasteiger partial charge is 0.476 e. The standard InChI is InChI=1S/C9H15NO4/c1-5-6-9(7(11)12,8(13)14)10(2,3)4/h5H,1,6H2,2-4H3,(H-,11,12,13,14)/p+1. The summed E-state index contributed by atoms with van der Waals surface area (Å²) < 4.78 is -0.191. The van der Waals surface area contributed by atoms with Gasteiger partial charge in [0, 0.05) is 6.42 Å². The summed E-state index contributed by atoms with van der Waals surface area (Å²) in [5.41, 5.74) is -1.86. The number of aliphatic carboxylic acids is 2. The van der Waals surface area contributed by atoms with Crippen molar-refractivity contribution >= 4 is 11.9 Å². The van der Waals surface area contributed by atoms with Crippen molar-refractivity contribution in [2.75, 3.05) is 21.1 Å². The first-order chi connectivity index (χ1) is 6.20. The molecule has 0 saturated carbocycles. The van der Waals surface area contributed by atoms with Gasteiger partial charge in [0.05, 0.1) is 21.1 Å². The predicted molar refractivity (Wildman–Crippen MR) is 50.8 cm³/mol. The molecular formula is C9H16NO4+. The lowest BCUT2D eigenvalue weighted by atomic mass is 9.91. The number of hydrogen-bond acceptors (Lipinski definition) is 2. The molecule has 0 rings (SSSR count). The zero-order chi connectivity index (χ0) is 11.6. The summed E-state index contributed by atoms with van der Waals surface area (Å²) in [6.45, 7) is 3.39. The van der Waals surface area contributed by atoms with Crippen LogP contribution in [0.2, 0.25) is 0 Å². The Morgan fingerprint density at radius 2 is 1.64 bits per heavy atom. The Hall–Kier alpha value is -1.36. The van der Waals surface area contributed by atoms with Crippen molar-refractivity contribution in [1.82, 2.24) is 0 Å². The molecule has 0 aliphatic carbocycles. The average molecular weight is 202 g/mol. The minimum absolute atomic E-state index is 0.110. The van der Waals surface area contributed by atoms with E-state index in [-0.39, 0.29) is 10.9 Å². The van der Waals surface area contributed by atoms with Crippen LogP contribution in [0.1, 0.15) is 6.42 Å². The number of likely N-dealkylation sites (N-methyl/N-ethyl adjacent to an activating group) is 1. The van der Waals surface area contributed by atoms with Gasteiger partial charge in [-0.3, -0.25) is 0 Å². The first-order valence-corrected chi connectivity index (χ1v) is 4.09. The molecule has 0 spiro atoms. The maximum absolute atomic E-state index is 11.1. The summed E-state index contributed by atoms with van der Waals surface area (Å²) in [5.74, 6) is -2.70. The van der Waals surface area contributed by atoms with E-state index >= 15 is 0 Å². The Kier molecular flexibility index (Phi) is 3.42. The fourth-order valence-electron chi connectivity index (χ4n) is 1.32. The van der Waals surface area contributed by atoms with Crippen LogP contribution in [0.4, 0.5) is 0 Å². The number of nitrogens with zero attached hydrogens (tertiary/aromatic N) is 1. The summed E-state index contributed by atoms with van der Waals surface area (Å²) >= 11 is 0. The monoisotopic (exact) mass is 202 g/mol. The third kappa shape index (κ3) is 1.77. The van der Waals surface area contributed by atoms with Gasteiger partial charge < -0.3 is 14.7 Å². The van der Waals surface area contributed by atoms with Crippen molar-refractivity contribution < 1.29 is 24.3 Å². The molecule has 5 nitrogen and oxygen atoms in total. The molecule has 2 N–H and O–H groups in total. The molecule has 80 valence electrons. The van der Waals surface area contributed by atoms with E-state index < -0.39 is 17.5 Å². The number of quaternary nitrogens is 1. The lowest BCUT2D eigenvalue weighted by Crippen LogP contribution is -2.66. The van der Waals surface area contributed by atoms with Crippen LogP contribution < -0.4 is 0 Å². The van der Waals surface area contributed by atoms with Crippen LogP contribution in [0, 0.1) is 0 Å². The minimum atomic E-state index is -1.86. The third-order valence-corrected chi connectivity index (χ3v) is 2.29. The van der Waals surface area contributed by atoms with Gasteiger partial charge in [-0.25, -0.2) is 9.59 Å². The van der Waals surface area contributed by atoms with E-state index in [0.717, 1.165) is 0 Å². The zero-order valence-corrected chi connectivity index (χ0v) is 8.65. The van der Waals surface area contributed by atoms with Gasteiger partial charge in [-0.15, -0.1) is 6.58 Å². The third-order valence-electron chi connectivity index (χ3n) is 2.29. The maximum Gasteiger partial charge on any atom is 0.378 e. The fraction of sp³-hybridized carbons (Fsp3) is 0.556. The summed E-state index contributed by atoms with van der Waals surface area (Å²) in [7, 11) is 4.60. The van der Waals surface area contributed by atoms with Crippen LogP contribution in [-0.4, -0.2) is 53.3 Å². The molecule has 0 fully saturated rings. The van der Waals surface area contributed by atoms with Crippen molar-refractivity contribution in [3.05, 3.63) is 12.7 Å². The number of rotatable bonds is 5. The Morgan fingerprint density at radius 1 is 1.29 bits per heavy atom. The molecule has 5 heteroatoms. The highest BCUT2D eigenvalue weighted by molar-refractivity contribution is 6.01. The highest BCUT2D eigenvalue weighted by atomic mass is 16.4. The lowest BCUT2D eigenvalue weighted by molar-refractivity contribution is -0.904. The second kappa shape index (κ2) is 3.79. The van der Waals surface area contributed by atoms with Gasteiger partial charge in [0.2, 0.25) is 0 Å². The van der Waals surface area contributed by atoms with Crippen LogP contribution in [0.25, 0.3) is 0 Å². The molecule has 0 aromatic rings. The van der Waals surface area contributed by atoms with Crippen LogP contribution in [0.15, 0.2) is 12.7 Å². The molecule has 0 aromatic heterocycles. The molecule has 0 atom stereocenters. The number of hydrogen-bond donors (Lipinski definition) is 2. The van der Waals surface area contributed by atoms with Crippen LogP contribution >= 0.6 is 0 Å². The van der Waals surface area contributed by atoms with Crippen molar-refractivity contribution in [3.63, 3.8) is 0 Å². The van der Waals surface area contributed by atoms with Crippen LogP contribution in [-0.2, 0) is 9.59 Å². The van der Waals surface area contributed by atoms with Gasteiger partial charge >= 0.3 is 11.9 Å². The van der Waals surface area contributed by atoms with E-state index in [2.05, 4.69) is 6.58 Å². The van der Waals surface area contributed by atoms with Gasteiger partial charge in [-0.1, -0.05) is 6.08 Å². The minimum Gasteiger partial charge on any atom is -0.476 e. The molecule has 0 aromatic carbocycles. The SMILES string of the molecule is C=CCC(C(=O)O)(C(=O)O)[N+](C)(C)C. The van der Waals surface area contributed by atoms with Gasteiger partial charge in [0.1, 0.15) is 0 Å². The normalized spacial score (nSPS) is 12.2. The average Bonchev–Trinajstić information content (AvgIpc) is 1.95. The van der Waals surface area contributed by atoms with E-state index in [9.17, 15) is 9.59 Å². The lowest BCUT2D eigenvalue weighted by Gasteiger charge is -2.38. The van der Waals surface area contributed by atoms with Gasteiger partial charge in [-0.05, 0) is 0 Å². The van der Waals surface area contributed by atoms with Crippen LogP contribution in [0.5, 0.6) is 0 Å². The van der Waals surface area contributed by atoms with E-state index in [1.807, 2.05) is 0 Å². The predicted octanol–water partition coefficient (Wildman–Crippen LogP) is 0.177. The number of carboxylic acid groups (broad SMARTS) is 2. The summed E-state index contributed by atoms with van der Waals surface area (Å²) in [4.78, 5) is 22.1. The van der Waals surface area contributed by atoms with Crippen molar-refractivity contribution in [2.45, 2.75) is 12.0 Å². The first-order valence-electron chi connectivity index (χ1n) is 4.09. The number of carboxylic acids is 2. The second-order valence-corrected chi connectivity index (χ2v) is 3.98. The summed E-state index contributed by atoms with van der Waals surface area (Å²) in [6.07, 6.45) is 1.20. The molecule has 0 heterocycles. The fourth-order valence-corrected chi connectivity index (χ4v) is 1.32. The molecule has 14 heavy (non-hydrogen) atoms. The molecule has 0 unspecified atom stereocenters. The molecule has 0 amide bonds. The number of carbonyl (C=O) groups is 2. The summed E-state index contributed by atoms with van der Waals surface area (Å²) in [5, 5.41) is 18.0.